The molecular weight excluding hydrogens is 929 g/mol. The molecule has 4 heteroatoms. The van der Waals surface area contributed by atoms with Crippen molar-refractivity contribution in [1.82, 2.24) is 9.13 Å². The summed E-state index contributed by atoms with van der Waals surface area (Å²) in [5.41, 5.74) is 14.5. The van der Waals surface area contributed by atoms with E-state index in [1.54, 1.807) is 0 Å². The SMILES string of the molecule is c1ccc(-c2ccc3cc(-c4cccc5c4Sc4ccccc4[Si]5(c4ccc(-c5ccccc5-n5c6ccccc6c6ccccc65)cc4)c4ccc5c6ccccc6n(-c6ccccc6)c5c4)ccc3c2)cc1. The molecule has 1 aliphatic rings. The average Bonchev–Trinajstić information content (AvgIpc) is 4.04. The first kappa shape index (κ1) is 42.7. The molecule has 2 aromatic heterocycles. The molecule has 0 amide bonds. The minimum absolute atomic E-state index is 1.16. The summed E-state index contributed by atoms with van der Waals surface area (Å²) in [5, 5.41) is 13.1. The molecule has 0 saturated heterocycles. The monoisotopic (exact) mass is 974 g/mol. The fourth-order valence-corrected chi connectivity index (χ4v) is 19.4. The van der Waals surface area contributed by atoms with Crippen molar-refractivity contribution >= 4 is 95.0 Å². The Labute approximate surface area is 435 Å². The molecule has 0 fully saturated rings. The summed E-state index contributed by atoms with van der Waals surface area (Å²) in [7, 11) is -3.13. The first-order chi connectivity index (χ1) is 36.7. The Hall–Kier alpha value is -8.93. The van der Waals surface area contributed by atoms with E-state index >= 15 is 0 Å². The van der Waals surface area contributed by atoms with Gasteiger partial charge in [-0.25, -0.2) is 0 Å². The van der Waals surface area contributed by atoms with E-state index in [0.29, 0.717) is 0 Å². The van der Waals surface area contributed by atoms with E-state index in [2.05, 4.69) is 288 Å². The molecule has 346 valence electrons. The summed E-state index contributed by atoms with van der Waals surface area (Å²) in [6.45, 7) is 0. The predicted octanol–water partition coefficient (Wildman–Crippen LogP) is 15.9. The summed E-state index contributed by atoms with van der Waals surface area (Å²) in [5.74, 6) is 0. The third-order valence-corrected chi connectivity index (χ3v) is 22.1. The van der Waals surface area contributed by atoms with Crippen LogP contribution in [0.2, 0.25) is 0 Å². The van der Waals surface area contributed by atoms with Crippen LogP contribution < -0.4 is 20.7 Å². The Balaban J connectivity index is 0.972. The van der Waals surface area contributed by atoms with Crippen LogP contribution in [0, 0.1) is 0 Å². The molecule has 1 atom stereocenters. The van der Waals surface area contributed by atoms with Crippen molar-refractivity contribution in [2.45, 2.75) is 9.79 Å². The summed E-state index contributed by atoms with van der Waals surface area (Å²) >= 11 is 1.94. The third-order valence-electron chi connectivity index (χ3n) is 15.7. The van der Waals surface area contributed by atoms with Gasteiger partial charge in [0.05, 0.1) is 27.8 Å². The summed E-state index contributed by atoms with van der Waals surface area (Å²) in [6.07, 6.45) is 0. The number of hydrogen-bond donors (Lipinski definition) is 0. The second-order valence-corrected chi connectivity index (χ2v) is 24.3. The van der Waals surface area contributed by atoms with Crippen molar-refractivity contribution in [2.75, 3.05) is 0 Å². The van der Waals surface area contributed by atoms with Gasteiger partial charge in [0, 0.05) is 42.6 Å². The number of fused-ring (bicyclic) bond motifs is 9. The van der Waals surface area contributed by atoms with Crippen LogP contribution in [0.3, 0.4) is 0 Å². The number of hydrogen-bond acceptors (Lipinski definition) is 1. The van der Waals surface area contributed by atoms with Crippen molar-refractivity contribution < 1.29 is 0 Å². The first-order valence-corrected chi connectivity index (χ1v) is 28.3. The molecule has 14 aromatic rings. The Bertz CT molecular complexity index is 4460. The van der Waals surface area contributed by atoms with Gasteiger partial charge in [0.25, 0.3) is 0 Å². The van der Waals surface area contributed by atoms with E-state index in [0.717, 1.165) is 5.69 Å². The summed E-state index contributed by atoms with van der Waals surface area (Å²) < 4.78 is 4.93. The quantitative estimate of drug-likeness (QED) is 0.145. The molecule has 0 radical (unpaired) electrons. The van der Waals surface area contributed by atoms with Crippen LogP contribution in [0.5, 0.6) is 0 Å². The van der Waals surface area contributed by atoms with Crippen LogP contribution in [0.25, 0.3) is 99.1 Å². The lowest BCUT2D eigenvalue weighted by molar-refractivity contribution is 1.18. The Kier molecular flexibility index (Phi) is 9.87. The maximum absolute atomic E-state index is 3.13. The third kappa shape index (κ3) is 6.52. The molecule has 1 aliphatic heterocycles. The zero-order valence-electron chi connectivity index (χ0n) is 40.4. The maximum Gasteiger partial charge on any atom is 0.181 e. The fourth-order valence-electron chi connectivity index (χ4n) is 12.4. The summed E-state index contributed by atoms with van der Waals surface area (Å²) in [4.78, 5) is 2.65. The molecule has 2 nitrogen and oxygen atoms in total. The molecule has 12 aromatic carbocycles. The molecule has 0 bridgehead atoms. The Morgan fingerprint density at radius 3 is 1.55 bits per heavy atom. The van der Waals surface area contributed by atoms with Crippen LogP contribution in [0.1, 0.15) is 0 Å². The standard InChI is InChI=1S/C70H46N2SSi/c1-3-18-47(19-4-1)49-34-35-51-45-52(37-36-50(51)44-49)57-26-17-33-69-70(57)73-67-31-15-16-32-68(67)74(69,55-42-43-61-60-25-8-12-28-63(60)71(66(61)46-55)53-20-5-2-6-21-53)54-40-38-48(39-41-54)56-22-7-11-27-62(56)72-64-29-13-9-23-58(64)59-24-10-14-30-65(59)72/h1-46H. The van der Waals surface area contributed by atoms with Crippen LogP contribution in [0.4, 0.5) is 0 Å². The van der Waals surface area contributed by atoms with Gasteiger partial charge in [-0.15, -0.1) is 0 Å². The number of nitrogens with zero attached hydrogens (tertiary/aromatic N) is 2. The van der Waals surface area contributed by atoms with Gasteiger partial charge < -0.3 is 9.13 Å². The Morgan fingerprint density at radius 2 is 0.824 bits per heavy atom. The molecule has 74 heavy (non-hydrogen) atoms. The second-order valence-electron chi connectivity index (χ2n) is 19.6. The highest BCUT2D eigenvalue weighted by Gasteiger charge is 2.48. The predicted molar refractivity (Wildman–Crippen MR) is 317 cm³/mol. The van der Waals surface area contributed by atoms with E-state index in [1.165, 1.54) is 124 Å². The lowest BCUT2D eigenvalue weighted by atomic mass is 9.98. The van der Waals surface area contributed by atoms with Gasteiger partial charge in [-0.2, -0.15) is 0 Å². The number of rotatable bonds is 7. The van der Waals surface area contributed by atoms with Crippen molar-refractivity contribution in [1.29, 1.82) is 0 Å². The molecular formula is C70H46N2SSi. The molecule has 0 saturated carbocycles. The van der Waals surface area contributed by atoms with E-state index in [1.807, 2.05) is 11.8 Å². The van der Waals surface area contributed by atoms with Crippen molar-refractivity contribution in [3.63, 3.8) is 0 Å². The number of benzene rings is 12. The van der Waals surface area contributed by atoms with Gasteiger partial charge in [-0.05, 0) is 120 Å². The normalized spacial score (nSPS) is 14.2. The van der Waals surface area contributed by atoms with E-state index in [9.17, 15) is 0 Å². The van der Waals surface area contributed by atoms with E-state index < -0.39 is 8.07 Å². The van der Waals surface area contributed by atoms with Crippen molar-refractivity contribution in [3.8, 4) is 44.8 Å². The minimum atomic E-state index is -3.13. The highest BCUT2D eigenvalue weighted by molar-refractivity contribution is 8.00. The molecule has 15 rings (SSSR count). The molecule has 0 aliphatic carbocycles. The van der Waals surface area contributed by atoms with Gasteiger partial charge in [0.1, 0.15) is 0 Å². The van der Waals surface area contributed by atoms with Crippen LogP contribution in [-0.2, 0) is 0 Å². The number of aromatic nitrogens is 2. The molecule has 0 spiro atoms. The Morgan fingerprint density at radius 1 is 0.297 bits per heavy atom. The lowest BCUT2D eigenvalue weighted by Gasteiger charge is -2.40. The van der Waals surface area contributed by atoms with Gasteiger partial charge >= 0.3 is 0 Å². The highest BCUT2D eigenvalue weighted by Crippen LogP contribution is 2.42. The zero-order chi connectivity index (χ0) is 48.7. The van der Waals surface area contributed by atoms with Crippen LogP contribution in [0.15, 0.2) is 289 Å². The van der Waals surface area contributed by atoms with Crippen LogP contribution >= 0.6 is 11.8 Å². The zero-order valence-corrected chi connectivity index (χ0v) is 42.2. The summed E-state index contributed by atoms with van der Waals surface area (Å²) in [6, 6.07) is 105. The van der Waals surface area contributed by atoms with Gasteiger partial charge in [0.15, 0.2) is 8.07 Å². The largest absolute Gasteiger partial charge is 0.309 e. The first-order valence-electron chi connectivity index (χ1n) is 25.5. The van der Waals surface area contributed by atoms with Gasteiger partial charge in [-0.3, -0.25) is 0 Å². The lowest BCUT2D eigenvalue weighted by Crippen LogP contribution is -2.76. The van der Waals surface area contributed by atoms with Crippen molar-refractivity contribution in [3.05, 3.63) is 279 Å². The minimum Gasteiger partial charge on any atom is -0.309 e. The second kappa shape index (κ2) is 17.1. The topological polar surface area (TPSA) is 9.86 Å². The number of para-hydroxylation sites is 5. The highest BCUT2D eigenvalue weighted by atomic mass is 32.2. The smallest absolute Gasteiger partial charge is 0.181 e. The van der Waals surface area contributed by atoms with Gasteiger partial charge in [0.2, 0.25) is 0 Å². The molecule has 3 heterocycles. The maximum atomic E-state index is 2.56. The van der Waals surface area contributed by atoms with E-state index in [-0.39, 0.29) is 0 Å². The average molecular weight is 975 g/mol. The fraction of sp³-hybridized carbons (Fsp3) is 0. The molecule has 1 unspecified atom stereocenters. The molecule has 0 N–H and O–H groups in total. The van der Waals surface area contributed by atoms with Crippen molar-refractivity contribution in [2.24, 2.45) is 0 Å². The van der Waals surface area contributed by atoms with E-state index in [4.69, 9.17) is 0 Å². The van der Waals surface area contributed by atoms with Gasteiger partial charge in [-0.1, -0.05) is 230 Å². The van der Waals surface area contributed by atoms with Crippen LogP contribution in [-0.4, -0.2) is 17.2 Å².